The third-order valence-corrected chi connectivity index (χ3v) is 5.92. The van der Waals surface area contributed by atoms with Gasteiger partial charge >= 0.3 is 0 Å². The van der Waals surface area contributed by atoms with Crippen molar-refractivity contribution in [2.24, 2.45) is 5.92 Å². The number of halogens is 1. The van der Waals surface area contributed by atoms with Crippen LogP contribution in [0.4, 0.5) is 4.39 Å². The molecule has 0 bridgehead atoms. The lowest BCUT2D eigenvalue weighted by Crippen LogP contribution is -2.42. The molecule has 1 saturated heterocycles. The Bertz CT molecular complexity index is 598. The van der Waals surface area contributed by atoms with Crippen molar-refractivity contribution in [1.82, 2.24) is 14.6 Å². The first-order chi connectivity index (χ1) is 10.1. The Balaban J connectivity index is 1.84. The number of pyridine rings is 1. The molecule has 1 atom stereocenters. The first-order valence-corrected chi connectivity index (χ1v) is 8.86. The first kappa shape index (κ1) is 14.9. The summed E-state index contributed by atoms with van der Waals surface area (Å²) in [5, 5.41) is 2.85. The lowest BCUT2D eigenvalue weighted by atomic mass is 10.00. The van der Waals surface area contributed by atoms with Gasteiger partial charge < -0.3 is 5.32 Å². The molecular weight excluding hydrogens is 293 g/mol. The molecule has 116 valence electrons. The van der Waals surface area contributed by atoms with E-state index in [0.717, 1.165) is 44.8 Å². The van der Waals surface area contributed by atoms with Crippen molar-refractivity contribution in [3.63, 3.8) is 0 Å². The van der Waals surface area contributed by atoms with Crippen LogP contribution >= 0.6 is 0 Å². The summed E-state index contributed by atoms with van der Waals surface area (Å²) in [7, 11) is -3.85. The van der Waals surface area contributed by atoms with Crippen LogP contribution in [0.25, 0.3) is 0 Å². The van der Waals surface area contributed by atoms with E-state index in [4.69, 9.17) is 0 Å². The van der Waals surface area contributed by atoms with Gasteiger partial charge in [-0.3, -0.25) is 0 Å². The fourth-order valence-electron chi connectivity index (χ4n) is 2.81. The summed E-state index contributed by atoms with van der Waals surface area (Å²) in [6.45, 7) is 2.26. The van der Waals surface area contributed by atoms with E-state index in [0.29, 0.717) is 12.5 Å². The molecule has 5 nitrogen and oxygen atoms in total. The van der Waals surface area contributed by atoms with Gasteiger partial charge in [0.05, 0.1) is 0 Å². The monoisotopic (exact) mass is 313 g/mol. The topological polar surface area (TPSA) is 62.3 Å². The number of rotatable bonds is 5. The minimum absolute atomic E-state index is 0.0123. The third kappa shape index (κ3) is 3.25. The van der Waals surface area contributed by atoms with Crippen LogP contribution in [-0.4, -0.2) is 43.4 Å². The summed E-state index contributed by atoms with van der Waals surface area (Å²) in [4.78, 5) is 3.75. The Morgan fingerprint density at radius 2 is 2.19 bits per heavy atom. The summed E-state index contributed by atoms with van der Waals surface area (Å²) >= 11 is 0. The Morgan fingerprint density at radius 3 is 2.81 bits per heavy atom. The van der Waals surface area contributed by atoms with Crippen molar-refractivity contribution in [3.8, 4) is 0 Å². The summed E-state index contributed by atoms with van der Waals surface area (Å²) in [6.07, 6.45) is 5.10. The Labute approximate surface area is 124 Å². The van der Waals surface area contributed by atoms with Gasteiger partial charge in [0.15, 0.2) is 5.82 Å². The zero-order valence-electron chi connectivity index (χ0n) is 11.8. The second kappa shape index (κ2) is 5.98. The van der Waals surface area contributed by atoms with Crippen LogP contribution in [0.5, 0.6) is 0 Å². The molecule has 7 heteroatoms. The summed E-state index contributed by atoms with van der Waals surface area (Å²) in [5.74, 6) is -0.481. The van der Waals surface area contributed by atoms with Crippen LogP contribution in [0, 0.1) is 11.7 Å². The highest BCUT2D eigenvalue weighted by molar-refractivity contribution is 7.89. The van der Waals surface area contributed by atoms with E-state index in [1.54, 1.807) is 0 Å². The van der Waals surface area contributed by atoms with E-state index >= 15 is 0 Å². The summed E-state index contributed by atoms with van der Waals surface area (Å²) < 4.78 is 40.7. The van der Waals surface area contributed by atoms with E-state index in [1.165, 1.54) is 16.6 Å². The van der Waals surface area contributed by atoms with Crippen LogP contribution in [-0.2, 0) is 10.0 Å². The second-order valence-corrected chi connectivity index (χ2v) is 7.61. The number of sulfonamides is 1. The quantitative estimate of drug-likeness (QED) is 0.892. The van der Waals surface area contributed by atoms with Gasteiger partial charge in [-0.1, -0.05) is 0 Å². The van der Waals surface area contributed by atoms with Crippen LogP contribution in [0.3, 0.4) is 0 Å². The number of hydrogen-bond acceptors (Lipinski definition) is 4. The van der Waals surface area contributed by atoms with Crippen molar-refractivity contribution in [1.29, 1.82) is 0 Å². The molecule has 1 unspecified atom stereocenters. The van der Waals surface area contributed by atoms with Gasteiger partial charge in [0.1, 0.15) is 0 Å². The predicted molar refractivity (Wildman–Crippen MR) is 76.7 cm³/mol. The molecule has 0 amide bonds. The van der Waals surface area contributed by atoms with Crippen molar-refractivity contribution in [3.05, 3.63) is 24.1 Å². The fourth-order valence-corrected chi connectivity index (χ4v) is 4.55. The highest BCUT2D eigenvalue weighted by atomic mass is 32.2. The maximum Gasteiger partial charge on any atom is 0.263 e. The zero-order chi connectivity index (χ0) is 14.9. The standard InChI is InChI=1S/C14H20FN3O2S/c15-13-4-2-8-17-14(13)21(19,20)18(12-5-6-12)10-11-3-1-7-16-9-11/h2,4,8,11-12,16H,1,3,5-7,9-10H2. The minimum atomic E-state index is -3.85. The Hall–Kier alpha value is -1.05. The smallest absolute Gasteiger partial charge is 0.263 e. The predicted octanol–water partition coefficient (Wildman–Crippen LogP) is 1.37. The molecule has 1 aromatic rings. The highest BCUT2D eigenvalue weighted by Gasteiger charge is 2.41. The third-order valence-electron chi connectivity index (χ3n) is 4.07. The lowest BCUT2D eigenvalue weighted by Gasteiger charge is -2.29. The number of hydrogen-bond donors (Lipinski definition) is 1. The van der Waals surface area contributed by atoms with Crippen LogP contribution in [0.2, 0.25) is 0 Å². The molecule has 1 N–H and O–H groups in total. The van der Waals surface area contributed by atoms with Crippen LogP contribution in [0.1, 0.15) is 25.7 Å². The van der Waals surface area contributed by atoms with Gasteiger partial charge in [-0.15, -0.1) is 0 Å². The molecule has 0 radical (unpaired) electrons. The van der Waals surface area contributed by atoms with E-state index in [-0.39, 0.29) is 6.04 Å². The SMILES string of the molecule is O=S(=O)(c1ncccc1F)N(CC1CCCNC1)C1CC1. The van der Waals surface area contributed by atoms with Crippen LogP contribution < -0.4 is 5.32 Å². The number of nitrogens with zero attached hydrogens (tertiary/aromatic N) is 2. The largest absolute Gasteiger partial charge is 0.316 e. The minimum Gasteiger partial charge on any atom is -0.316 e. The van der Waals surface area contributed by atoms with Gasteiger partial charge in [-0.2, -0.15) is 4.31 Å². The molecule has 0 spiro atoms. The molecule has 1 aromatic heterocycles. The van der Waals surface area contributed by atoms with Crippen molar-refractivity contribution >= 4 is 10.0 Å². The average Bonchev–Trinajstić information content (AvgIpc) is 3.30. The highest BCUT2D eigenvalue weighted by Crippen LogP contribution is 2.33. The van der Waals surface area contributed by atoms with Gasteiger partial charge in [0, 0.05) is 18.8 Å². The van der Waals surface area contributed by atoms with Crippen molar-refractivity contribution in [2.75, 3.05) is 19.6 Å². The molecule has 1 saturated carbocycles. The number of piperidine rings is 1. The normalized spacial score (nSPS) is 23.4. The summed E-state index contributed by atoms with van der Waals surface area (Å²) in [6, 6.07) is 2.56. The van der Waals surface area contributed by atoms with Gasteiger partial charge in [-0.05, 0) is 56.8 Å². The molecular formula is C14H20FN3O2S. The molecule has 2 heterocycles. The van der Waals surface area contributed by atoms with E-state index in [1.807, 2.05) is 0 Å². The lowest BCUT2D eigenvalue weighted by molar-refractivity contribution is 0.285. The fraction of sp³-hybridized carbons (Fsp3) is 0.643. The molecule has 1 aliphatic heterocycles. The van der Waals surface area contributed by atoms with Crippen molar-refractivity contribution < 1.29 is 12.8 Å². The Kier molecular flexibility index (Phi) is 4.24. The van der Waals surface area contributed by atoms with Gasteiger partial charge in [-0.25, -0.2) is 17.8 Å². The van der Waals surface area contributed by atoms with E-state index < -0.39 is 20.9 Å². The molecule has 3 rings (SSSR count). The maximum atomic E-state index is 13.8. The first-order valence-electron chi connectivity index (χ1n) is 7.42. The maximum absolute atomic E-state index is 13.8. The van der Waals surface area contributed by atoms with Crippen molar-refractivity contribution in [2.45, 2.75) is 36.8 Å². The molecule has 2 fully saturated rings. The molecule has 1 aliphatic carbocycles. The zero-order valence-corrected chi connectivity index (χ0v) is 12.7. The van der Waals surface area contributed by atoms with Gasteiger partial charge in [0.25, 0.3) is 10.0 Å². The number of aromatic nitrogens is 1. The second-order valence-electron chi connectivity index (χ2n) is 5.81. The van der Waals surface area contributed by atoms with Crippen LogP contribution in [0.15, 0.2) is 23.4 Å². The average molecular weight is 313 g/mol. The molecule has 21 heavy (non-hydrogen) atoms. The molecule has 2 aliphatic rings. The van der Waals surface area contributed by atoms with E-state index in [9.17, 15) is 12.8 Å². The van der Waals surface area contributed by atoms with E-state index in [2.05, 4.69) is 10.3 Å². The summed E-state index contributed by atoms with van der Waals surface area (Å²) in [5.41, 5.74) is 0. The Morgan fingerprint density at radius 1 is 1.38 bits per heavy atom. The van der Waals surface area contributed by atoms with Gasteiger partial charge in [0.2, 0.25) is 5.03 Å². The molecule has 0 aromatic carbocycles. The number of nitrogens with one attached hydrogen (secondary N) is 1.